The molecule has 0 N–H and O–H groups in total. The molecule has 0 radical (unpaired) electrons. The molecule has 1 atom stereocenters. The van der Waals surface area contributed by atoms with Gasteiger partial charge in [0.05, 0.1) is 13.4 Å². The van der Waals surface area contributed by atoms with Gasteiger partial charge in [-0.25, -0.2) is 8.42 Å². The fraction of sp³-hybridized carbons (Fsp3) is 0.846. The van der Waals surface area contributed by atoms with E-state index in [1.807, 2.05) is 6.92 Å². The van der Waals surface area contributed by atoms with Crippen LogP contribution in [0.4, 0.5) is 0 Å². The normalized spacial score (nSPS) is 20.0. The maximum absolute atomic E-state index is 12.6. The van der Waals surface area contributed by atoms with Crippen molar-refractivity contribution in [1.29, 1.82) is 0 Å². The molecule has 8 heteroatoms. The highest BCUT2D eigenvalue weighted by Gasteiger charge is 2.37. The summed E-state index contributed by atoms with van der Waals surface area (Å²) in [6.07, 6.45) is 3.85. The van der Waals surface area contributed by atoms with Gasteiger partial charge in [-0.15, -0.1) is 0 Å². The highest BCUT2D eigenvalue weighted by atomic mass is 32.2. The van der Waals surface area contributed by atoms with Crippen LogP contribution in [0.3, 0.4) is 0 Å². The van der Waals surface area contributed by atoms with Crippen LogP contribution in [0.2, 0.25) is 0 Å². The third-order valence-electron chi connectivity index (χ3n) is 3.52. The standard InChI is InChI=1S/C13H24N2O5S/c1-4-8-14(10-12(16)20-2)13(17)11-7-5-6-9-15(11)21(3,18)19/h11H,4-10H2,1-3H3. The highest BCUT2D eigenvalue weighted by Crippen LogP contribution is 2.21. The van der Waals surface area contributed by atoms with Crippen molar-refractivity contribution in [1.82, 2.24) is 9.21 Å². The summed E-state index contributed by atoms with van der Waals surface area (Å²) in [6, 6.07) is -0.704. The summed E-state index contributed by atoms with van der Waals surface area (Å²) < 4.78 is 29.5. The summed E-state index contributed by atoms with van der Waals surface area (Å²) in [5.74, 6) is -0.814. The Balaban J connectivity index is 2.91. The second kappa shape index (κ2) is 7.74. The number of hydrogen-bond donors (Lipinski definition) is 0. The van der Waals surface area contributed by atoms with Gasteiger partial charge in [-0.05, 0) is 19.3 Å². The van der Waals surface area contributed by atoms with Gasteiger partial charge < -0.3 is 9.64 Å². The van der Waals surface area contributed by atoms with Crippen molar-refractivity contribution >= 4 is 21.9 Å². The lowest BCUT2D eigenvalue weighted by atomic mass is 10.0. The lowest BCUT2D eigenvalue weighted by molar-refractivity contribution is -0.148. The number of rotatable bonds is 6. The number of nitrogens with zero attached hydrogens (tertiary/aromatic N) is 2. The van der Waals surface area contributed by atoms with Crippen LogP contribution in [0.25, 0.3) is 0 Å². The zero-order valence-corrected chi connectivity index (χ0v) is 13.7. The van der Waals surface area contributed by atoms with Crippen molar-refractivity contribution in [3.05, 3.63) is 0 Å². The molecule has 0 aliphatic carbocycles. The van der Waals surface area contributed by atoms with E-state index in [-0.39, 0.29) is 12.5 Å². The molecular formula is C13H24N2O5S. The van der Waals surface area contributed by atoms with E-state index >= 15 is 0 Å². The maximum atomic E-state index is 12.6. The van der Waals surface area contributed by atoms with Gasteiger partial charge in [0.2, 0.25) is 15.9 Å². The predicted molar refractivity (Wildman–Crippen MR) is 78.1 cm³/mol. The van der Waals surface area contributed by atoms with Crippen LogP contribution in [-0.2, 0) is 24.3 Å². The quantitative estimate of drug-likeness (QED) is 0.653. The van der Waals surface area contributed by atoms with E-state index in [4.69, 9.17) is 0 Å². The summed E-state index contributed by atoms with van der Waals surface area (Å²) >= 11 is 0. The smallest absolute Gasteiger partial charge is 0.325 e. The van der Waals surface area contributed by atoms with Gasteiger partial charge >= 0.3 is 5.97 Å². The zero-order valence-electron chi connectivity index (χ0n) is 12.9. The number of carbonyl (C=O) groups excluding carboxylic acids is 2. The van der Waals surface area contributed by atoms with Gasteiger partial charge in [-0.3, -0.25) is 9.59 Å². The highest BCUT2D eigenvalue weighted by molar-refractivity contribution is 7.88. The van der Waals surface area contributed by atoms with Crippen LogP contribution >= 0.6 is 0 Å². The second-order valence-corrected chi connectivity index (χ2v) is 7.16. The molecule has 0 aromatic carbocycles. The number of hydrogen-bond acceptors (Lipinski definition) is 5. The minimum atomic E-state index is -3.43. The molecule has 0 saturated carbocycles. The fourth-order valence-electron chi connectivity index (χ4n) is 2.52. The fourth-order valence-corrected chi connectivity index (χ4v) is 3.64. The Morgan fingerprint density at radius 2 is 2.00 bits per heavy atom. The predicted octanol–water partition coefficient (Wildman–Crippen LogP) is 0.212. The number of amides is 1. The van der Waals surface area contributed by atoms with E-state index < -0.39 is 22.0 Å². The number of methoxy groups -OCH3 is 1. The van der Waals surface area contributed by atoms with E-state index in [2.05, 4.69) is 4.74 Å². The second-order valence-electron chi connectivity index (χ2n) is 5.22. The van der Waals surface area contributed by atoms with Crippen molar-refractivity contribution in [2.45, 2.75) is 38.6 Å². The Bertz CT molecular complexity index is 477. The molecule has 1 saturated heterocycles. The number of ether oxygens (including phenoxy) is 1. The summed E-state index contributed by atoms with van der Waals surface area (Å²) in [6.45, 7) is 2.51. The van der Waals surface area contributed by atoms with Crippen LogP contribution in [0.15, 0.2) is 0 Å². The number of esters is 1. The van der Waals surface area contributed by atoms with E-state index in [0.29, 0.717) is 25.9 Å². The molecule has 1 unspecified atom stereocenters. The zero-order chi connectivity index (χ0) is 16.0. The minimum Gasteiger partial charge on any atom is -0.468 e. The molecule has 1 rings (SSSR count). The molecule has 7 nitrogen and oxygen atoms in total. The van der Waals surface area contributed by atoms with Crippen molar-refractivity contribution in [2.75, 3.05) is 33.0 Å². The van der Waals surface area contributed by atoms with Gasteiger partial charge in [0.15, 0.2) is 0 Å². The van der Waals surface area contributed by atoms with Crippen molar-refractivity contribution in [3.63, 3.8) is 0 Å². The third kappa shape index (κ3) is 4.96. The van der Waals surface area contributed by atoms with E-state index in [0.717, 1.165) is 19.1 Å². The monoisotopic (exact) mass is 320 g/mol. The van der Waals surface area contributed by atoms with Crippen molar-refractivity contribution in [2.24, 2.45) is 0 Å². The van der Waals surface area contributed by atoms with Gasteiger partial charge in [0.1, 0.15) is 12.6 Å². The minimum absolute atomic E-state index is 0.142. The molecular weight excluding hydrogens is 296 g/mol. The summed E-state index contributed by atoms with van der Waals surface area (Å²) in [5.41, 5.74) is 0. The molecule has 122 valence electrons. The Kier molecular flexibility index (Phi) is 6.60. The SMILES string of the molecule is CCCN(CC(=O)OC)C(=O)C1CCCCN1S(C)(=O)=O. The Labute approximate surface area is 126 Å². The van der Waals surface area contributed by atoms with Gasteiger partial charge in [0.25, 0.3) is 0 Å². The molecule has 21 heavy (non-hydrogen) atoms. The van der Waals surface area contributed by atoms with Gasteiger partial charge in [-0.2, -0.15) is 4.31 Å². The summed E-state index contributed by atoms with van der Waals surface area (Å²) in [7, 11) is -2.17. The number of piperidine rings is 1. The molecule has 1 heterocycles. The molecule has 0 aromatic rings. The van der Waals surface area contributed by atoms with Crippen molar-refractivity contribution < 1.29 is 22.7 Å². The topological polar surface area (TPSA) is 84.0 Å². The largest absolute Gasteiger partial charge is 0.468 e. The molecule has 1 amide bonds. The molecule has 1 aliphatic rings. The maximum Gasteiger partial charge on any atom is 0.325 e. The molecule has 0 spiro atoms. The summed E-state index contributed by atoms with van der Waals surface area (Å²) in [5, 5.41) is 0. The van der Waals surface area contributed by atoms with Gasteiger partial charge in [0, 0.05) is 13.1 Å². The number of sulfonamides is 1. The Morgan fingerprint density at radius 3 is 2.52 bits per heavy atom. The molecule has 0 bridgehead atoms. The summed E-state index contributed by atoms with van der Waals surface area (Å²) in [4.78, 5) is 25.4. The van der Waals surface area contributed by atoms with Gasteiger partial charge in [-0.1, -0.05) is 13.3 Å². The number of carbonyl (C=O) groups is 2. The van der Waals surface area contributed by atoms with Crippen LogP contribution in [-0.4, -0.2) is 68.5 Å². The lowest BCUT2D eigenvalue weighted by Crippen LogP contribution is -2.53. The molecule has 0 aromatic heterocycles. The first-order chi connectivity index (χ1) is 9.81. The Hall–Kier alpha value is -1.15. The first kappa shape index (κ1) is 17.9. The molecule has 1 fully saturated rings. The lowest BCUT2D eigenvalue weighted by Gasteiger charge is -2.35. The van der Waals surface area contributed by atoms with Crippen LogP contribution in [0.5, 0.6) is 0 Å². The van der Waals surface area contributed by atoms with Crippen LogP contribution in [0.1, 0.15) is 32.6 Å². The van der Waals surface area contributed by atoms with E-state index in [9.17, 15) is 18.0 Å². The first-order valence-electron chi connectivity index (χ1n) is 7.13. The Morgan fingerprint density at radius 1 is 1.33 bits per heavy atom. The third-order valence-corrected chi connectivity index (χ3v) is 4.81. The first-order valence-corrected chi connectivity index (χ1v) is 8.98. The average molecular weight is 320 g/mol. The van der Waals surface area contributed by atoms with Crippen LogP contribution < -0.4 is 0 Å². The van der Waals surface area contributed by atoms with Crippen molar-refractivity contribution in [3.8, 4) is 0 Å². The van der Waals surface area contributed by atoms with Crippen LogP contribution in [0, 0.1) is 0 Å². The average Bonchev–Trinajstić information content (AvgIpc) is 2.45. The van der Waals surface area contributed by atoms with E-state index in [1.165, 1.54) is 16.3 Å². The molecule has 1 aliphatic heterocycles. The van der Waals surface area contributed by atoms with E-state index in [1.54, 1.807) is 0 Å².